The van der Waals surface area contributed by atoms with Crippen LogP contribution in [0.25, 0.3) is 10.2 Å². The first kappa shape index (κ1) is 13.7. The summed E-state index contributed by atoms with van der Waals surface area (Å²) in [7, 11) is 1.48. The van der Waals surface area contributed by atoms with Crippen molar-refractivity contribution in [3.8, 4) is 0 Å². The van der Waals surface area contributed by atoms with Crippen LogP contribution < -0.4 is 5.32 Å². The van der Waals surface area contributed by atoms with Crippen LogP contribution in [0.15, 0.2) is 12.4 Å². The van der Waals surface area contributed by atoms with Crippen LogP contribution >= 0.6 is 33.9 Å². The first-order valence-electron chi connectivity index (χ1n) is 6.90. The highest BCUT2D eigenvalue weighted by Crippen LogP contribution is 2.64. The van der Waals surface area contributed by atoms with Gasteiger partial charge in [-0.25, -0.2) is 9.97 Å². The van der Waals surface area contributed by atoms with E-state index in [0.717, 1.165) is 35.3 Å². The lowest BCUT2D eigenvalue weighted by molar-refractivity contribution is -0.147. The van der Waals surface area contributed by atoms with Crippen molar-refractivity contribution in [1.82, 2.24) is 9.97 Å². The summed E-state index contributed by atoms with van der Waals surface area (Å²) < 4.78 is 6.21. The first-order chi connectivity index (χ1) is 10.1. The number of fused-ring (bicyclic) bond motifs is 2. The number of nitrogens with one attached hydrogen (secondary N) is 1. The molecule has 2 aliphatic rings. The van der Waals surface area contributed by atoms with Gasteiger partial charge in [0, 0.05) is 6.04 Å². The van der Waals surface area contributed by atoms with Gasteiger partial charge in [0.25, 0.3) is 0 Å². The molecule has 4 rings (SSSR count). The Morgan fingerprint density at radius 2 is 2.38 bits per heavy atom. The van der Waals surface area contributed by atoms with Crippen LogP contribution in [0.5, 0.6) is 0 Å². The summed E-state index contributed by atoms with van der Waals surface area (Å²) in [5, 5.41) is 4.53. The molecule has 3 unspecified atom stereocenters. The molecule has 1 N–H and O–H groups in total. The van der Waals surface area contributed by atoms with Crippen molar-refractivity contribution in [2.24, 2.45) is 11.3 Å². The third-order valence-corrected chi connectivity index (χ3v) is 6.56. The number of aromatic nitrogens is 2. The minimum Gasteiger partial charge on any atom is -0.469 e. The summed E-state index contributed by atoms with van der Waals surface area (Å²) in [6, 6.07) is 2.21. The molecule has 0 spiro atoms. The average molecular weight is 415 g/mol. The Morgan fingerprint density at radius 1 is 1.52 bits per heavy atom. The summed E-state index contributed by atoms with van der Waals surface area (Å²) in [6.07, 6.45) is 4.60. The standard InChI is InChI=1S/C14H14IN3O2S/c1-20-13(19)14-5-7(14)2-3-9(14)18-11-8-4-10(15)21-12(8)17-6-16-11/h4,6-7,9H,2-3,5H2,1H3,(H,16,17,18). The molecule has 0 bridgehead atoms. The van der Waals surface area contributed by atoms with Crippen LogP contribution in [0.3, 0.4) is 0 Å². The molecule has 5 nitrogen and oxygen atoms in total. The number of carbonyl (C=O) groups is 1. The van der Waals surface area contributed by atoms with Crippen molar-refractivity contribution < 1.29 is 9.53 Å². The van der Waals surface area contributed by atoms with Gasteiger partial charge in [0.05, 0.1) is 20.8 Å². The molecule has 2 aromatic rings. The molecule has 0 saturated heterocycles. The third kappa shape index (κ3) is 1.97. The monoisotopic (exact) mass is 415 g/mol. The molecule has 0 amide bonds. The highest BCUT2D eigenvalue weighted by molar-refractivity contribution is 14.1. The zero-order valence-electron chi connectivity index (χ0n) is 11.4. The van der Waals surface area contributed by atoms with Crippen molar-refractivity contribution >= 4 is 55.9 Å². The Kier molecular flexibility index (Phi) is 3.11. The van der Waals surface area contributed by atoms with Gasteiger partial charge in [-0.2, -0.15) is 0 Å². The highest BCUT2D eigenvalue weighted by Gasteiger charge is 2.68. The number of esters is 1. The smallest absolute Gasteiger partial charge is 0.314 e. The zero-order valence-corrected chi connectivity index (χ0v) is 14.4. The van der Waals surface area contributed by atoms with Gasteiger partial charge in [-0.3, -0.25) is 4.79 Å². The number of methoxy groups -OCH3 is 1. The molecule has 2 aliphatic carbocycles. The number of nitrogens with zero attached hydrogens (tertiary/aromatic N) is 2. The molecule has 0 aliphatic heterocycles. The van der Waals surface area contributed by atoms with E-state index in [4.69, 9.17) is 4.74 Å². The molecule has 2 saturated carbocycles. The van der Waals surface area contributed by atoms with Gasteiger partial charge in [0.15, 0.2) is 0 Å². The minimum atomic E-state index is -0.324. The van der Waals surface area contributed by atoms with Crippen LogP contribution in [0, 0.1) is 14.2 Å². The summed E-state index contributed by atoms with van der Waals surface area (Å²) in [5.41, 5.74) is -0.324. The van der Waals surface area contributed by atoms with Gasteiger partial charge in [0.1, 0.15) is 17.0 Å². The quantitative estimate of drug-likeness (QED) is 0.617. The second kappa shape index (κ2) is 4.77. The van der Waals surface area contributed by atoms with Crippen molar-refractivity contribution in [3.63, 3.8) is 0 Å². The average Bonchev–Trinajstić information content (AvgIpc) is 2.93. The lowest BCUT2D eigenvalue weighted by Gasteiger charge is -2.23. The summed E-state index contributed by atoms with van der Waals surface area (Å²) >= 11 is 3.94. The second-order valence-electron chi connectivity index (χ2n) is 5.70. The third-order valence-electron chi connectivity index (χ3n) is 4.75. The summed E-state index contributed by atoms with van der Waals surface area (Å²) in [4.78, 5) is 21.8. The maximum Gasteiger partial charge on any atom is 0.314 e. The fourth-order valence-corrected chi connectivity index (χ4v) is 5.31. The van der Waals surface area contributed by atoms with Crippen LogP contribution in [-0.2, 0) is 9.53 Å². The lowest BCUT2D eigenvalue weighted by atomic mass is 9.98. The maximum absolute atomic E-state index is 12.2. The van der Waals surface area contributed by atoms with Gasteiger partial charge in [-0.1, -0.05) is 0 Å². The molecule has 2 heterocycles. The molecule has 0 aromatic carbocycles. The van der Waals surface area contributed by atoms with Crippen LogP contribution in [0.1, 0.15) is 19.3 Å². The second-order valence-corrected chi connectivity index (χ2v) is 8.62. The fourth-order valence-electron chi connectivity index (χ4n) is 3.65. The molecule has 110 valence electrons. The normalized spacial score (nSPS) is 30.2. The van der Waals surface area contributed by atoms with Crippen molar-refractivity contribution in [1.29, 1.82) is 0 Å². The Bertz CT molecular complexity index is 734. The summed E-state index contributed by atoms with van der Waals surface area (Å²) in [6.45, 7) is 0. The number of halogens is 1. The Hall–Kier alpha value is -0.960. The molecular weight excluding hydrogens is 401 g/mol. The van der Waals surface area contributed by atoms with E-state index in [-0.39, 0.29) is 17.4 Å². The van der Waals surface area contributed by atoms with Crippen molar-refractivity contribution in [2.45, 2.75) is 25.3 Å². The van der Waals surface area contributed by atoms with Crippen LogP contribution in [-0.4, -0.2) is 29.1 Å². The Morgan fingerprint density at radius 3 is 3.14 bits per heavy atom. The summed E-state index contributed by atoms with van der Waals surface area (Å²) in [5.74, 6) is 1.23. The Labute approximate surface area is 139 Å². The lowest BCUT2D eigenvalue weighted by Crippen LogP contribution is -2.35. The van der Waals surface area contributed by atoms with E-state index in [1.807, 2.05) is 0 Å². The molecular formula is C14H14IN3O2S. The molecule has 2 aromatic heterocycles. The number of ether oxygens (including phenoxy) is 1. The fraction of sp³-hybridized carbons (Fsp3) is 0.500. The predicted molar refractivity (Wildman–Crippen MR) is 89.3 cm³/mol. The van der Waals surface area contributed by atoms with E-state index < -0.39 is 0 Å². The zero-order chi connectivity index (χ0) is 14.6. The number of hydrogen-bond donors (Lipinski definition) is 1. The van der Waals surface area contributed by atoms with E-state index in [9.17, 15) is 4.79 Å². The molecule has 3 atom stereocenters. The van der Waals surface area contributed by atoms with Gasteiger partial charge >= 0.3 is 5.97 Å². The minimum absolute atomic E-state index is 0.0762. The molecule has 2 fully saturated rings. The largest absolute Gasteiger partial charge is 0.469 e. The number of thiophene rings is 1. The van der Waals surface area contributed by atoms with Gasteiger partial charge in [-0.05, 0) is 53.8 Å². The van der Waals surface area contributed by atoms with E-state index in [1.54, 1.807) is 17.7 Å². The topological polar surface area (TPSA) is 64.1 Å². The number of carbonyl (C=O) groups excluding carboxylic acids is 1. The van der Waals surface area contributed by atoms with Crippen molar-refractivity contribution in [2.75, 3.05) is 12.4 Å². The number of hydrogen-bond acceptors (Lipinski definition) is 6. The van der Waals surface area contributed by atoms with Crippen molar-refractivity contribution in [3.05, 3.63) is 15.3 Å². The predicted octanol–water partition coefficient (Wildman–Crippen LogP) is 3.05. The highest BCUT2D eigenvalue weighted by atomic mass is 127. The molecule has 0 radical (unpaired) electrons. The molecule has 7 heteroatoms. The van der Waals surface area contributed by atoms with Gasteiger partial charge in [0.2, 0.25) is 0 Å². The molecule has 21 heavy (non-hydrogen) atoms. The number of rotatable bonds is 3. The van der Waals surface area contributed by atoms with Gasteiger partial charge in [-0.15, -0.1) is 11.3 Å². The van der Waals surface area contributed by atoms with E-state index in [0.29, 0.717) is 5.92 Å². The SMILES string of the molecule is COC(=O)C12CC1CCC2Nc1ncnc2sc(I)cc12. The maximum atomic E-state index is 12.2. The van der Waals surface area contributed by atoms with E-state index in [1.165, 1.54) is 9.99 Å². The first-order valence-corrected chi connectivity index (χ1v) is 8.79. The Balaban J connectivity index is 1.67. The van der Waals surface area contributed by atoms with E-state index in [2.05, 4.69) is 43.9 Å². The van der Waals surface area contributed by atoms with Crippen LogP contribution in [0.2, 0.25) is 0 Å². The van der Waals surface area contributed by atoms with E-state index >= 15 is 0 Å². The van der Waals surface area contributed by atoms with Gasteiger partial charge < -0.3 is 10.1 Å². The van der Waals surface area contributed by atoms with Crippen LogP contribution in [0.4, 0.5) is 5.82 Å². The number of anilines is 1.